The summed E-state index contributed by atoms with van der Waals surface area (Å²) < 4.78 is 27.2. The molecule has 14 heavy (non-hydrogen) atoms. The largest absolute Gasteiger partial charge is 0.381 e. The Balaban J connectivity index is 2.55. The van der Waals surface area contributed by atoms with Gasteiger partial charge in [-0.25, -0.2) is 0 Å². The Bertz CT molecular complexity index is 214. The van der Waals surface area contributed by atoms with E-state index in [1.54, 1.807) is 0 Å². The topological polar surface area (TPSA) is 29.5 Å². The third-order valence-corrected chi connectivity index (χ3v) is 2.76. The van der Waals surface area contributed by atoms with E-state index in [-0.39, 0.29) is 6.04 Å². The molecule has 1 heterocycles. The molecule has 0 spiro atoms. The molecule has 0 atom stereocenters. The Hall–Kier alpha value is 0.0200. The van der Waals surface area contributed by atoms with Crippen LogP contribution < -0.4 is 0 Å². The molecule has 0 aromatic carbocycles. The number of rotatable bonds is 2. The molecule has 0 N–H and O–H groups in total. The Morgan fingerprint density at radius 1 is 1.50 bits per heavy atom. The van der Waals surface area contributed by atoms with E-state index in [1.807, 2.05) is 0 Å². The summed E-state index contributed by atoms with van der Waals surface area (Å²) >= 11 is 0.858. The average Bonchev–Trinajstić information content (AvgIpc) is 2.15. The summed E-state index contributed by atoms with van der Waals surface area (Å²) in [5.41, 5.74) is 0. The lowest BCUT2D eigenvalue weighted by Gasteiger charge is -2.32. The van der Waals surface area contributed by atoms with Gasteiger partial charge in [-0.2, -0.15) is 8.78 Å². The van der Waals surface area contributed by atoms with Crippen LogP contribution in [0.3, 0.4) is 0 Å². The second-order valence-electron chi connectivity index (χ2n) is 3.26. The summed E-state index contributed by atoms with van der Waals surface area (Å²) in [6.45, 7) is 1.07. The molecule has 1 saturated heterocycles. The highest BCUT2D eigenvalue weighted by Gasteiger charge is 2.39. The van der Waals surface area contributed by atoms with Crippen molar-refractivity contribution in [2.45, 2.75) is 22.8 Å². The van der Waals surface area contributed by atoms with E-state index in [2.05, 4.69) is 0 Å². The van der Waals surface area contributed by atoms with Gasteiger partial charge in [0.15, 0.2) is 0 Å². The predicted molar refractivity (Wildman–Crippen MR) is 55.6 cm³/mol. The molecule has 6 heteroatoms. The zero-order valence-electron chi connectivity index (χ0n) is 7.80. The van der Waals surface area contributed by atoms with Crippen LogP contribution in [-0.4, -0.2) is 41.0 Å². The van der Waals surface area contributed by atoms with Crippen LogP contribution in [0.15, 0.2) is 0 Å². The highest BCUT2D eigenvalue weighted by Crippen LogP contribution is 2.27. The molecular formula is C8H12F2INO2. The number of carbonyl (C=O) groups excluding carboxylic acids is 1. The number of hydrogen-bond acceptors (Lipinski definition) is 2. The highest BCUT2D eigenvalue weighted by molar-refractivity contribution is 14.1. The van der Waals surface area contributed by atoms with Crippen molar-refractivity contribution in [2.75, 3.05) is 20.3 Å². The monoisotopic (exact) mass is 319 g/mol. The van der Waals surface area contributed by atoms with Crippen molar-refractivity contribution in [3.63, 3.8) is 0 Å². The van der Waals surface area contributed by atoms with Crippen LogP contribution in [0.1, 0.15) is 12.8 Å². The van der Waals surface area contributed by atoms with Crippen LogP contribution in [-0.2, 0) is 9.53 Å². The number of carbonyl (C=O) groups is 1. The number of ether oxygens (including phenoxy) is 1. The standard InChI is InChI=1S/C8H12F2INO2/c1-12(7(13)8(9,10)11)6-2-4-14-5-3-6/h6H,2-5H2,1H3. The van der Waals surface area contributed by atoms with Gasteiger partial charge in [-0.05, 0) is 12.8 Å². The maximum Gasteiger partial charge on any atom is 0.372 e. The lowest BCUT2D eigenvalue weighted by atomic mass is 10.1. The lowest BCUT2D eigenvalue weighted by Crippen LogP contribution is -2.46. The second-order valence-corrected chi connectivity index (χ2v) is 4.61. The molecule has 1 aliphatic heterocycles. The smallest absolute Gasteiger partial charge is 0.372 e. The second kappa shape index (κ2) is 4.69. The lowest BCUT2D eigenvalue weighted by molar-refractivity contribution is -0.146. The molecule has 1 aliphatic rings. The van der Waals surface area contributed by atoms with Crippen molar-refractivity contribution in [2.24, 2.45) is 0 Å². The number of nitrogens with zero attached hydrogens (tertiary/aromatic N) is 1. The zero-order chi connectivity index (χ0) is 10.8. The first-order valence-corrected chi connectivity index (χ1v) is 5.42. The quantitative estimate of drug-likeness (QED) is 0.572. The van der Waals surface area contributed by atoms with Crippen molar-refractivity contribution in [1.82, 2.24) is 4.90 Å². The summed E-state index contributed by atoms with van der Waals surface area (Å²) in [6, 6.07) is -0.114. The minimum Gasteiger partial charge on any atom is -0.381 e. The molecule has 3 nitrogen and oxygen atoms in total. The van der Waals surface area contributed by atoms with Gasteiger partial charge in [0.05, 0.1) is 0 Å². The Labute approximate surface area is 94.9 Å². The van der Waals surface area contributed by atoms with Gasteiger partial charge >= 0.3 is 9.84 Å². The fourth-order valence-corrected chi connectivity index (χ4v) is 1.82. The van der Waals surface area contributed by atoms with Gasteiger partial charge in [-0.3, -0.25) is 4.79 Å². The maximum atomic E-state index is 12.7. The van der Waals surface area contributed by atoms with Crippen LogP contribution in [0.25, 0.3) is 0 Å². The van der Waals surface area contributed by atoms with Crippen LogP contribution in [0, 0.1) is 0 Å². The Kier molecular flexibility index (Phi) is 4.05. The van der Waals surface area contributed by atoms with Crippen LogP contribution in [0.2, 0.25) is 0 Å². The van der Waals surface area contributed by atoms with E-state index in [9.17, 15) is 13.6 Å². The predicted octanol–water partition coefficient (Wildman–Crippen LogP) is 1.65. The van der Waals surface area contributed by atoms with Gasteiger partial charge in [0, 0.05) is 48.9 Å². The summed E-state index contributed by atoms with van der Waals surface area (Å²) in [5, 5.41) is 0. The number of alkyl halides is 3. The third-order valence-electron chi connectivity index (χ3n) is 2.30. The Morgan fingerprint density at radius 3 is 2.43 bits per heavy atom. The molecule has 0 radical (unpaired) electrons. The molecule has 82 valence electrons. The van der Waals surface area contributed by atoms with Gasteiger partial charge in [-0.15, -0.1) is 0 Å². The van der Waals surface area contributed by atoms with Gasteiger partial charge in [-0.1, -0.05) is 0 Å². The third kappa shape index (κ3) is 3.01. The van der Waals surface area contributed by atoms with Crippen molar-refractivity contribution < 1.29 is 18.3 Å². The number of amides is 1. The molecule has 0 unspecified atom stereocenters. The maximum absolute atomic E-state index is 12.7. The first kappa shape index (κ1) is 12.1. The van der Waals surface area contributed by atoms with E-state index in [1.165, 1.54) is 7.05 Å². The fourth-order valence-electron chi connectivity index (χ4n) is 1.44. The van der Waals surface area contributed by atoms with Gasteiger partial charge < -0.3 is 9.64 Å². The zero-order valence-corrected chi connectivity index (χ0v) is 9.96. The SMILES string of the molecule is CN(C(=O)C(F)(F)I)C1CCOCC1. The van der Waals surface area contributed by atoms with Gasteiger partial charge in [0.2, 0.25) is 0 Å². The molecule has 0 aliphatic carbocycles. The normalized spacial score (nSPS) is 19.4. The van der Waals surface area contributed by atoms with Crippen molar-refractivity contribution in [3.05, 3.63) is 0 Å². The van der Waals surface area contributed by atoms with E-state index in [0.29, 0.717) is 26.1 Å². The minimum atomic E-state index is -3.30. The van der Waals surface area contributed by atoms with E-state index < -0.39 is 9.84 Å². The van der Waals surface area contributed by atoms with Crippen LogP contribution >= 0.6 is 22.6 Å². The summed E-state index contributed by atoms with van der Waals surface area (Å²) in [5.74, 6) is -1.12. The van der Waals surface area contributed by atoms with E-state index >= 15 is 0 Å². The first-order valence-electron chi connectivity index (χ1n) is 4.34. The molecular weight excluding hydrogens is 307 g/mol. The molecule has 0 aromatic rings. The summed E-state index contributed by atoms with van der Waals surface area (Å²) in [7, 11) is 1.42. The molecule has 1 fully saturated rings. The molecule has 0 aromatic heterocycles. The average molecular weight is 319 g/mol. The van der Waals surface area contributed by atoms with Gasteiger partial charge in [0.1, 0.15) is 0 Å². The van der Waals surface area contributed by atoms with Gasteiger partial charge in [0.25, 0.3) is 0 Å². The van der Waals surface area contributed by atoms with Crippen LogP contribution in [0.5, 0.6) is 0 Å². The van der Waals surface area contributed by atoms with Crippen LogP contribution in [0.4, 0.5) is 8.78 Å². The molecule has 1 rings (SSSR count). The summed E-state index contributed by atoms with van der Waals surface area (Å²) in [4.78, 5) is 12.3. The van der Waals surface area contributed by atoms with Crippen molar-refractivity contribution in [3.8, 4) is 0 Å². The summed E-state index contributed by atoms with van der Waals surface area (Å²) in [6.07, 6.45) is 1.27. The van der Waals surface area contributed by atoms with Crippen molar-refractivity contribution in [1.29, 1.82) is 0 Å². The highest BCUT2D eigenvalue weighted by atomic mass is 127. The van der Waals surface area contributed by atoms with E-state index in [4.69, 9.17) is 4.74 Å². The van der Waals surface area contributed by atoms with Crippen molar-refractivity contribution >= 4 is 28.5 Å². The number of hydrogen-bond donors (Lipinski definition) is 0. The van der Waals surface area contributed by atoms with E-state index in [0.717, 1.165) is 27.5 Å². The number of halogens is 3. The molecule has 0 bridgehead atoms. The fraction of sp³-hybridized carbons (Fsp3) is 0.875. The molecule has 1 amide bonds. The molecule has 0 saturated carbocycles. The minimum absolute atomic E-state index is 0.114. The Morgan fingerprint density at radius 2 is 2.00 bits per heavy atom. The first-order chi connectivity index (χ1) is 6.43.